The van der Waals surface area contributed by atoms with Gasteiger partial charge in [0, 0.05) is 11.3 Å². The molecule has 2 aromatic carbocycles. The number of ketones is 1. The molecule has 0 radical (unpaired) electrons. The van der Waals surface area contributed by atoms with Crippen LogP contribution in [0.25, 0.3) is 0 Å². The van der Waals surface area contributed by atoms with Crippen molar-refractivity contribution in [3.8, 4) is 0 Å². The summed E-state index contributed by atoms with van der Waals surface area (Å²) >= 11 is 0. The zero-order valence-corrected chi connectivity index (χ0v) is 9.71. The van der Waals surface area contributed by atoms with E-state index in [4.69, 9.17) is 5.73 Å². The number of hydrogen-bond acceptors (Lipinski definition) is 2. The third kappa shape index (κ3) is 2.22. The van der Waals surface area contributed by atoms with Crippen LogP contribution in [-0.2, 0) is 0 Å². The van der Waals surface area contributed by atoms with Gasteiger partial charge in [-0.1, -0.05) is 6.07 Å². The Morgan fingerprint density at radius 2 is 1.78 bits per heavy atom. The Labute approximate surface area is 103 Å². The van der Waals surface area contributed by atoms with Gasteiger partial charge in [0.15, 0.2) is 5.78 Å². The molecule has 0 atom stereocenters. The highest BCUT2D eigenvalue weighted by Crippen LogP contribution is 2.19. The molecule has 92 valence electrons. The molecular formula is C14H11F2NO. The first-order chi connectivity index (χ1) is 8.49. The van der Waals surface area contributed by atoms with Crippen LogP contribution in [0.3, 0.4) is 0 Å². The van der Waals surface area contributed by atoms with Gasteiger partial charge < -0.3 is 5.73 Å². The van der Waals surface area contributed by atoms with E-state index in [0.29, 0.717) is 11.3 Å². The molecule has 2 aromatic rings. The van der Waals surface area contributed by atoms with Crippen LogP contribution in [0.1, 0.15) is 21.5 Å². The molecule has 0 amide bonds. The smallest absolute Gasteiger partial charge is 0.196 e. The van der Waals surface area contributed by atoms with Gasteiger partial charge in [-0.25, -0.2) is 8.78 Å². The third-order valence-electron chi connectivity index (χ3n) is 2.68. The lowest BCUT2D eigenvalue weighted by molar-refractivity contribution is 0.103. The van der Waals surface area contributed by atoms with Crippen molar-refractivity contribution < 1.29 is 13.6 Å². The quantitative estimate of drug-likeness (QED) is 0.654. The Balaban J connectivity index is 2.54. The summed E-state index contributed by atoms with van der Waals surface area (Å²) in [6.07, 6.45) is 0. The number of anilines is 1. The molecule has 2 rings (SSSR count). The molecule has 0 aliphatic rings. The van der Waals surface area contributed by atoms with Gasteiger partial charge in [0.25, 0.3) is 0 Å². The van der Waals surface area contributed by atoms with Crippen LogP contribution in [0.5, 0.6) is 0 Å². The third-order valence-corrected chi connectivity index (χ3v) is 2.68. The Morgan fingerprint density at radius 3 is 2.50 bits per heavy atom. The average Bonchev–Trinajstić information content (AvgIpc) is 2.34. The van der Waals surface area contributed by atoms with E-state index in [-0.39, 0.29) is 11.1 Å². The van der Waals surface area contributed by atoms with Gasteiger partial charge >= 0.3 is 0 Å². The fourth-order valence-corrected chi connectivity index (χ4v) is 1.70. The lowest BCUT2D eigenvalue weighted by Crippen LogP contribution is -2.07. The maximum absolute atomic E-state index is 13.5. The lowest BCUT2D eigenvalue weighted by atomic mass is 9.98. The molecule has 0 saturated heterocycles. The number of carbonyl (C=O) groups is 1. The molecule has 2 nitrogen and oxygen atoms in total. The highest BCUT2D eigenvalue weighted by molar-refractivity contribution is 6.10. The summed E-state index contributed by atoms with van der Waals surface area (Å²) < 4.78 is 26.6. The second-order valence-electron chi connectivity index (χ2n) is 4.03. The van der Waals surface area contributed by atoms with E-state index in [1.54, 1.807) is 19.1 Å². The predicted octanol–water partition coefficient (Wildman–Crippen LogP) is 3.09. The summed E-state index contributed by atoms with van der Waals surface area (Å²) in [6.45, 7) is 1.71. The van der Waals surface area contributed by atoms with E-state index in [9.17, 15) is 13.6 Å². The molecule has 0 aromatic heterocycles. The van der Waals surface area contributed by atoms with Crippen molar-refractivity contribution in [2.24, 2.45) is 0 Å². The Kier molecular flexibility index (Phi) is 3.10. The first-order valence-corrected chi connectivity index (χ1v) is 5.35. The van der Waals surface area contributed by atoms with Crippen LogP contribution in [0.4, 0.5) is 14.5 Å². The van der Waals surface area contributed by atoms with Gasteiger partial charge in [-0.05, 0) is 42.8 Å². The largest absolute Gasteiger partial charge is 0.399 e. The average molecular weight is 247 g/mol. The zero-order chi connectivity index (χ0) is 13.3. The highest BCUT2D eigenvalue weighted by atomic mass is 19.1. The Bertz CT molecular complexity index is 570. The SMILES string of the molecule is Cc1ccc(N)cc1C(=O)c1cc(F)ccc1F. The minimum Gasteiger partial charge on any atom is -0.399 e. The number of benzene rings is 2. The lowest BCUT2D eigenvalue weighted by Gasteiger charge is -2.07. The van der Waals surface area contributed by atoms with E-state index in [1.807, 2.05) is 0 Å². The number of aryl methyl sites for hydroxylation is 1. The summed E-state index contributed by atoms with van der Waals surface area (Å²) in [5.74, 6) is -1.97. The van der Waals surface area contributed by atoms with Crippen molar-refractivity contribution in [2.45, 2.75) is 6.92 Å². The number of hydrogen-bond donors (Lipinski definition) is 1. The van der Waals surface area contributed by atoms with Gasteiger partial charge in [0.2, 0.25) is 0 Å². The zero-order valence-electron chi connectivity index (χ0n) is 9.71. The van der Waals surface area contributed by atoms with E-state index in [1.165, 1.54) is 6.07 Å². The molecule has 0 spiro atoms. The van der Waals surface area contributed by atoms with Gasteiger partial charge in [-0.15, -0.1) is 0 Å². The van der Waals surface area contributed by atoms with Gasteiger partial charge in [-0.2, -0.15) is 0 Å². The summed E-state index contributed by atoms with van der Waals surface area (Å²) in [4.78, 5) is 12.1. The number of nitrogens with two attached hydrogens (primary N) is 1. The Hall–Kier alpha value is -2.23. The van der Waals surface area contributed by atoms with E-state index in [2.05, 4.69) is 0 Å². The number of rotatable bonds is 2. The van der Waals surface area contributed by atoms with Crippen LogP contribution in [0.15, 0.2) is 36.4 Å². The number of halogens is 2. The maximum atomic E-state index is 13.5. The molecule has 0 saturated carbocycles. The van der Waals surface area contributed by atoms with Crippen LogP contribution < -0.4 is 5.73 Å². The molecule has 0 aliphatic heterocycles. The molecule has 0 unspecified atom stereocenters. The van der Waals surface area contributed by atoms with Crippen molar-refractivity contribution in [3.05, 3.63) is 64.7 Å². The van der Waals surface area contributed by atoms with E-state index >= 15 is 0 Å². The van der Waals surface area contributed by atoms with Crippen molar-refractivity contribution in [1.29, 1.82) is 0 Å². The van der Waals surface area contributed by atoms with Crippen molar-refractivity contribution in [1.82, 2.24) is 0 Å². The normalized spacial score (nSPS) is 10.4. The second kappa shape index (κ2) is 4.56. The number of carbonyl (C=O) groups excluding carboxylic acids is 1. The van der Waals surface area contributed by atoms with Gasteiger partial charge in [0.1, 0.15) is 11.6 Å². The van der Waals surface area contributed by atoms with Crippen LogP contribution in [0, 0.1) is 18.6 Å². The molecule has 4 heteroatoms. The monoisotopic (exact) mass is 247 g/mol. The molecule has 0 aliphatic carbocycles. The second-order valence-corrected chi connectivity index (χ2v) is 4.03. The van der Waals surface area contributed by atoms with E-state index < -0.39 is 17.4 Å². The molecule has 0 fully saturated rings. The minimum absolute atomic E-state index is 0.277. The first-order valence-electron chi connectivity index (χ1n) is 5.35. The van der Waals surface area contributed by atoms with Crippen LogP contribution in [0.2, 0.25) is 0 Å². The Morgan fingerprint density at radius 1 is 1.06 bits per heavy atom. The predicted molar refractivity (Wildman–Crippen MR) is 65.4 cm³/mol. The highest BCUT2D eigenvalue weighted by Gasteiger charge is 2.17. The van der Waals surface area contributed by atoms with Crippen molar-refractivity contribution >= 4 is 11.5 Å². The fourth-order valence-electron chi connectivity index (χ4n) is 1.70. The summed E-state index contributed by atoms with van der Waals surface area (Å²) in [5, 5.41) is 0. The standard InChI is InChI=1S/C14H11F2NO/c1-8-2-4-10(17)7-11(8)14(18)12-6-9(15)3-5-13(12)16/h2-7H,17H2,1H3. The molecule has 18 heavy (non-hydrogen) atoms. The molecule has 0 bridgehead atoms. The van der Waals surface area contributed by atoms with Crippen LogP contribution in [-0.4, -0.2) is 5.78 Å². The topological polar surface area (TPSA) is 43.1 Å². The van der Waals surface area contributed by atoms with Crippen molar-refractivity contribution in [2.75, 3.05) is 5.73 Å². The molecular weight excluding hydrogens is 236 g/mol. The molecule has 0 heterocycles. The summed E-state index contributed by atoms with van der Waals surface area (Å²) in [6, 6.07) is 7.57. The van der Waals surface area contributed by atoms with Crippen LogP contribution >= 0.6 is 0 Å². The summed E-state index contributed by atoms with van der Waals surface area (Å²) in [7, 11) is 0. The minimum atomic E-state index is -0.747. The molecule has 2 N–H and O–H groups in total. The van der Waals surface area contributed by atoms with Gasteiger partial charge in [0.05, 0.1) is 5.56 Å². The van der Waals surface area contributed by atoms with E-state index in [0.717, 1.165) is 18.2 Å². The first kappa shape index (κ1) is 12.2. The summed E-state index contributed by atoms with van der Waals surface area (Å²) in [5.41, 5.74) is 6.65. The van der Waals surface area contributed by atoms with Crippen molar-refractivity contribution in [3.63, 3.8) is 0 Å². The maximum Gasteiger partial charge on any atom is 0.196 e. The fraction of sp³-hybridized carbons (Fsp3) is 0.0714. The number of nitrogen functional groups attached to an aromatic ring is 1. The van der Waals surface area contributed by atoms with Gasteiger partial charge in [-0.3, -0.25) is 4.79 Å².